The van der Waals surface area contributed by atoms with E-state index >= 15 is 0 Å². The first-order valence-corrected chi connectivity index (χ1v) is 8.48. The number of benzene rings is 1. The van der Waals surface area contributed by atoms with Crippen LogP contribution in [0.3, 0.4) is 0 Å². The highest BCUT2D eigenvalue weighted by molar-refractivity contribution is 9.10. The summed E-state index contributed by atoms with van der Waals surface area (Å²) in [6.45, 7) is 3.86. The fraction of sp³-hybridized carbons (Fsp3) is 0.312. The standard InChI is InChI=1S/C16H16BrClN2O4/c1-3-10(2)24-16(21)15-7-12(17)9-19(15)8-11-6-13(18)4-5-14(11)20(22)23/h4-7,9-10H,3,8H2,1-2H3. The molecule has 1 atom stereocenters. The molecule has 24 heavy (non-hydrogen) atoms. The summed E-state index contributed by atoms with van der Waals surface area (Å²) in [4.78, 5) is 23.0. The van der Waals surface area contributed by atoms with Crippen molar-refractivity contribution in [2.75, 3.05) is 0 Å². The second-order valence-corrected chi connectivity index (χ2v) is 6.68. The summed E-state index contributed by atoms with van der Waals surface area (Å²) in [5.41, 5.74) is 0.676. The largest absolute Gasteiger partial charge is 0.458 e. The summed E-state index contributed by atoms with van der Waals surface area (Å²) in [5.74, 6) is -0.472. The number of nitro benzene ring substituents is 1. The Kier molecular flexibility index (Phi) is 6.01. The maximum absolute atomic E-state index is 12.3. The predicted octanol–water partition coefficient (Wildman–Crippen LogP) is 4.82. The van der Waals surface area contributed by atoms with Crippen LogP contribution in [-0.2, 0) is 11.3 Å². The minimum atomic E-state index is -0.472. The Morgan fingerprint density at radius 1 is 1.46 bits per heavy atom. The van der Waals surface area contributed by atoms with Crippen molar-refractivity contribution in [3.05, 3.63) is 61.3 Å². The van der Waals surface area contributed by atoms with E-state index in [1.54, 1.807) is 16.8 Å². The quantitative estimate of drug-likeness (QED) is 0.385. The lowest BCUT2D eigenvalue weighted by atomic mass is 10.2. The van der Waals surface area contributed by atoms with Crippen molar-refractivity contribution in [2.45, 2.75) is 32.9 Å². The zero-order valence-corrected chi connectivity index (χ0v) is 15.5. The van der Waals surface area contributed by atoms with Crippen LogP contribution in [0.15, 0.2) is 34.9 Å². The van der Waals surface area contributed by atoms with Crippen LogP contribution in [0.4, 0.5) is 5.69 Å². The van der Waals surface area contributed by atoms with Crippen LogP contribution in [0, 0.1) is 10.1 Å². The molecule has 1 aromatic carbocycles. The summed E-state index contributed by atoms with van der Waals surface area (Å²) in [7, 11) is 0. The van der Waals surface area contributed by atoms with Gasteiger partial charge in [0, 0.05) is 21.8 Å². The molecular weight excluding hydrogens is 400 g/mol. The van der Waals surface area contributed by atoms with Gasteiger partial charge >= 0.3 is 5.97 Å². The first-order valence-electron chi connectivity index (χ1n) is 7.31. The van der Waals surface area contributed by atoms with Crippen LogP contribution in [0.25, 0.3) is 0 Å². The van der Waals surface area contributed by atoms with E-state index < -0.39 is 10.9 Å². The number of ether oxygens (including phenoxy) is 1. The zero-order chi connectivity index (χ0) is 17.9. The van der Waals surface area contributed by atoms with Crippen molar-refractivity contribution >= 4 is 39.2 Å². The molecule has 0 radical (unpaired) electrons. The van der Waals surface area contributed by atoms with E-state index in [9.17, 15) is 14.9 Å². The Labute approximate surface area is 152 Å². The van der Waals surface area contributed by atoms with Gasteiger partial charge in [0.05, 0.1) is 23.1 Å². The molecule has 1 heterocycles. The Balaban J connectivity index is 2.36. The van der Waals surface area contributed by atoms with Gasteiger partial charge in [-0.2, -0.15) is 0 Å². The van der Waals surface area contributed by atoms with Gasteiger partial charge < -0.3 is 9.30 Å². The fourth-order valence-electron chi connectivity index (χ4n) is 2.14. The number of nitrogens with zero attached hydrogens (tertiary/aromatic N) is 2. The first kappa shape index (κ1) is 18.5. The third-order valence-corrected chi connectivity index (χ3v) is 4.20. The van der Waals surface area contributed by atoms with Crippen LogP contribution >= 0.6 is 27.5 Å². The number of halogens is 2. The fourth-order valence-corrected chi connectivity index (χ4v) is 2.80. The first-order chi connectivity index (χ1) is 11.3. The molecule has 2 rings (SSSR count). The van der Waals surface area contributed by atoms with Crippen molar-refractivity contribution in [1.29, 1.82) is 0 Å². The van der Waals surface area contributed by atoms with E-state index in [2.05, 4.69) is 15.9 Å². The van der Waals surface area contributed by atoms with Gasteiger partial charge in [-0.15, -0.1) is 0 Å². The van der Waals surface area contributed by atoms with Gasteiger partial charge in [-0.25, -0.2) is 4.79 Å². The molecule has 0 amide bonds. The molecule has 1 aromatic heterocycles. The predicted molar refractivity (Wildman–Crippen MR) is 94.5 cm³/mol. The number of nitro groups is 1. The van der Waals surface area contributed by atoms with Gasteiger partial charge in [0.25, 0.3) is 5.69 Å². The van der Waals surface area contributed by atoms with Crippen LogP contribution in [0.1, 0.15) is 36.3 Å². The molecule has 0 bridgehead atoms. The van der Waals surface area contributed by atoms with Gasteiger partial charge in [0.15, 0.2) is 0 Å². The van der Waals surface area contributed by atoms with Crippen LogP contribution in [0.5, 0.6) is 0 Å². The highest BCUT2D eigenvalue weighted by Gasteiger charge is 2.20. The lowest BCUT2D eigenvalue weighted by Crippen LogP contribution is -2.18. The molecule has 2 aromatic rings. The minimum Gasteiger partial charge on any atom is -0.458 e. The molecule has 0 fully saturated rings. The summed E-state index contributed by atoms with van der Waals surface area (Å²) in [6, 6.07) is 5.97. The van der Waals surface area contributed by atoms with E-state index in [1.807, 2.05) is 13.8 Å². The Morgan fingerprint density at radius 3 is 2.79 bits per heavy atom. The third-order valence-electron chi connectivity index (χ3n) is 3.53. The van der Waals surface area contributed by atoms with Crippen LogP contribution in [0.2, 0.25) is 5.02 Å². The molecule has 6 nitrogen and oxygen atoms in total. The lowest BCUT2D eigenvalue weighted by molar-refractivity contribution is -0.385. The number of carbonyl (C=O) groups is 1. The average molecular weight is 416 g/mol. The van der Waals surface area contributed by atoms with Gasteiger partial charge in [0.2, 0.25) is 0 Å². The molecule has 0 aliphatic heterocycles. The number of carbonyl (C=O) groups excluding carboxylic acids is 1. The van der Waals surface area contributed by atoms with E-state index in [-0.39, 0.29) is 18.3 Å². The smallest absolute Gasteiger partial charge is 0.355 e. The molecule has 128 valence electrons. The normalized spacial score (nSPS) is 12.0. The van der Waals surface area contributed by atoms with Crippen LogP contribution < -0.4 is 0 Å². The van der Waals surface area contributed by atoms with Crippen molar-refractivity contribution in [2.24, 2.45) is 0 Å². The molecule has 0 N–H and O–H groups in total. The number of esters is 1. The minimum absolute atomic E-state index is 0.0505. The van der Waals surface area contributed by atoms with E-state index in [4.69, 9.17) is 16.3 Å². The van der Waals surface area contributed by atoms with Gasteiger partial charge in [-0.05, 0) is 47.5 Å². The maximum atomic E-state index is 12.3. The van der Waals surface area contributed by atoms with Gasteiger partial charge in [0.1, 0.15) is 5.69 Å². The Bertz CT molecular complexity index is 775. The molecule has 8 heteroatoms. The van der Waals surface area contributed by atoms with Crippen LogP contribution in [-0.4, -0.2) is 21.6 Å². The topological polar surface area (TPSA) is 74.4 Å². The van der Waals surface area contributed by atoms with E-state index in [0.717, 1.165) is 0 Å². The Morgan fingerprint density at radius 2 is 2.17 bits per heavy atom. The number of hydrogen-bond acceptors (Lipinski definition) is 4. The second-order valence-electron chi connectivity index (χ2n) is 5.33. The van der Waals surface area contributed by atoms with Crippen molar-refractivity contribution in [1.82, 2.24) is 4.57 Å². The maximum Gasteiger partial charge on any atom is 0.355 e. The highest BCUT2D eigenvalue weighted by atomic mass is 79.9. The molecular formula is C16H16BrClN2O4. The number of rotatable bonds is 6. The molecule has 0 saturated heterocycles. The molecule has 0 saturated carbocycles. The van der Waals surface area contributed by atoms with E-state index in [0.29, 0.717) is 27.2 Å². The van der Waals surface area contributed by atoms with Gasteiger partial charge in [-0.3, -0.25) is 10.1 Å². The van der Waals surface area contributed by atoms with Crippen molar-refractivity contribution in [3.8, 4) is 0 Å². The SMILES string of the molecule is CCC(C)OC(=O)c1cc(Br)cn1Cc1cc(Cl)ccc1[N+](=O)[O-]. The van der Waals surface area contributed by atoms with E-state index in [1.165, 1.54) is 18.2 Å². The molecule has 0 spiro atoms. The summed E-state index contributed by atoms with van der Waals surface area (Å²) in [6.07, 6.45) is 2.17. The van der Waals surface area contributed by atoms with Crippen molar-refractivity contribution < 1.29 is 14.5 Å². The summed E-state index contributed by atoms with van der Waals surface area (Å²) in [5, 5.41) is 11.6. The number of hydrogen-bond donors (Lipinski definition) is 0. The van der Waals surface area contributed by atoms with Gasteiger partial charge in [-0.1, -0.05) is 18.5 Å². The number of aromatic nitrogens is 1. The monoisotopic (exact) mass is 414 g/mol. The van der Waals surface area contributed by atoms with Crippen molar-refractivity contribution in [3.63, 3.8) is 0 Å². The summed E-state index contributed by atoms with van der Waals surface area (Å²) >= 11 is 9.27. The average Bonchev–Trinajstić information content (AvgIpc) is 2.87. The highest BCUT2D eigenvalue weighted by Crippen LogP contribution is 2.26. The molecule has 1 unspecified atom stereocenters. The second kappa shape index (κ2) is 7.81. The Hall–Kier alpha value is -1.86. The molecule has 0 aliphatic rings. The molecule has 0 aliphatic carbocycles. The lowest BCUT2D eigenvalue weighted by Gasteiger charge is -2.13. The zero-order valence-electron chi connectivity index (χ0n) is 13.2. The third kappa shape index (κ3) is 4.36. The summed E-state index contributed by atoms with van der Waals surface area (Å²) < 4.78 is 7.63.